The summed E-state index contributed by atoms with van der Waals surface area (Å²) in [5.41, 5.74) is 3.15. The Kier molecular flexibility index (Phi) is 5.53. The Labute approximate surface area is 184 Å². The number of methoxy groups -OCH3 is 1. The van der Waals surface area contributed by atoms with Gasteiger partial charge in [-0.15, -0.1) is 0 Å². The van der Waals surface area contributed by atoms with E-state index in [0.29, 0.717) is 18.6 Å². The van der Waals surface area contributed by atoms with Crippen LogP contribution in [0.25, 0.3) is 0 Å². The molecule has 1 amide bonds. The Bertz CT molecular complexity index is 948. The molecule has 2 atom stereocenters. The number of hydrogen-bond donors (Lipinski definition) is 0. The molecular formula is C26H31N3O2. The zero-order valence-corrected chi connectivity index (χ0v) is 18.4. The van der Waals surface area contributed by atoms with Crippen LogP contribution in [0, 0.1) is 5.92 Å². The molecule has 2 unspecified atom stereocenters. The summed E-state index contributed by atoms with van der Waals surface area (Å²) in [6, 6.07) is 19.2. The SMILES string of the molecule is COc1ccc(C2CC(c3ccccc3)=NN2C(=O)CN(C2CC2)C(C)C2CC2)cc1. The number of carbonyl (C=O) groups excluding carboxylic acids is 1. The summed E-state index contributed by atoms with van der Waals surface area (Å²) in [6.45, 7) is 2.76. The zero-order chi connectivity index (χ0) is 21.4. The maximum absolute atomic E-state index is 13.6. The number of hydrazone groups is 1. The normalized spacial score (nSPS) is 21.8. The van der Waals surface area contributed by atoms with Gasteiger partial charge in [0, 0.05) is 18.5 Å². The Morgan fingerprint density at radius 1 is 1.10 bits per heavy atom. The van der Waals surface area contributed by atoms with Crippen molar-refractivity contribution in [3.8, 4) is 5.75 Å². The average molecular weight is 418 g/mol. The van der Waals surface area contributed by atoms with Crippen LogP contribution < -0.4 is 4.74 Å². The molecule has 0 radical (unpaired) electrons. The molecule has 2 aromatic rings. The van der Waals surface area contributed by atoms with Crippen molar-refractivity contribution < 1.29 is 9.53 Å². The summed E-state index contributed by atoms with van der Waals surface area (Å²) in [6.07, 6.45) is 5.75. The molecule has 0 spiro atoms. The third kappa shape index (κ3) is 4.38. The Hall–Kier alpha value is -2.66. The van der Waals surface area contributed by atoms with E-state index in [4.69, 9.17) is 9.84 Å². The standard InChI is InChI=1S/C26H31N3O2/c1-18(19-8-9-19)28(22-12-13-22)17-26(30)29-25(21-10-14-23(31-2)15-11-21)16-24(27-29)20-6-4-3-5-7-20/h3-7,10-11,14-15,18-19,22,25H,8-9,12-13,16-17H2,1-2H3. The fraction of sp³-hybridized carbons (Fsp3) is 0.462. The Balaban J connectivity index is 1.40. The van der Waals surface area contributed by atoms with Gasteiger partial charge in [-0.2, -0.15) is 5.10 Å². The summed E-state index contributed by atoms with van der Waals surface area (Å²) in [5.74, 6) is 1.68. The van der Waals surface area contributed by atoms with Crippen LogP contribution in [0.3, 0.4) is 0 Å². The largest absolute Gasteiger partial charge is 0.497 e. The van der Waals surface area contributed by atoms with Crippen LogP contribution in [0.2, 0.25) is 0 Å². The number of nitrogens with zero attached hydrogens (tertiary/aromatic N) is 3. The van der Waals surface area contributed by atoms with Crippen LogP contribution in [0.1, 0.15) is 56.2 Å². The zero-order valence-electron chi connectivity index (χ0n) is 18.4. The molecule has 1 heterocycles. The Morgan fingerprint density at radius 2 is 1.81 bits per heavy atom. The second kappa shape index (κ2) is 8.46. The molecule has 2 aliphatic carbocycles. The molecule has 5 heteroatoms. The van der Waals surface area contributed by atoms with Crippen LogP contribution in [0.15, 0.2) is 59.7 Å². The number of amides is 1. The monoisotopic (exact) mass is 417 g/mol. The lowest BCUT2D eigenvalue weighted by molar-refractivity contribution is -0.135. The maximum atomic E-state index is 13.6. The molecule has 1 aliphatic heterocycles. The van der Waals surface area contributed by atoms with Gasteiger partial charge in [0.2, 0.25) is 0 Å². The van der Waals surface area contributed by atoms with E-state index in [1.165, 1.54) is 25.7 Å². The quantitative estimate of drug-likeness (QED) is 0.629. The van der Waals surface area contributed by atoms with Gasteiger partial charge in [-0.3, -0.25) is 9.69 Å². The molecule has 5 rings (SSSR count). The first-order chi connectivity index (χ1) is 15.1. The number of ether oxygens (including phenoxy) is 1. The molecular weight excluding hydrogens is 386 g/mol. The lowest BCUT2D eigenvalue weighted by atomic mass is 9.98. The van der Waals surface area contributed by atoms with Crippen LogP contribution in [-0.2, 0) is 4.79 Å². The summed E-state index contributed by atoms with van der Waals surface area (Å²) < 4.78 is 5.32. The van der Waals surface area contributed by atoms with Gasteiger partial charge in [0.15, 0.2) is 0 Å². The van der Waals surface area contributed by atoms with Crippen molar-refractivity contribution in [2.45, 2.75) is 57.2 Å². The lowest BCUT2D eigenvalue weighted by Crippen LogP contribution is -2.44. The van der Waals surface area contributed by atoms with Crippen molar-refractivity contribution in [1.82, 2.24) is 9.91 Å². The first kappa shape index (κ1) is 20.3. The van der Waals surface area contributed by atoms with E-state index in [1.54, 1.807) is 12.1 Å². The van der Waals surface area contributed by atoms with Crippen molar-refractivity contribution in [1.29, 1.82) is 0 Å². The van der Waals surface area contributed by atoms with Crippen molar-refractivity contribution in [2.75, 3.05) is 13.7 Å². The van der Waals surface area contributed by atoms with Crippen molar-refractivity contribution in [3.05, 3.63) is 65.7 Å². The smallest absolute Gasteiger partial charge is 0.257 e. The molecule has 0 N–H and O–H groups in total. The molecule has 0 bridgehead atoms. The first-order valence-corrected chi connectivity index (χ1v) is 11.5. The Morgan fingerprint density at radius 3 is 2.42 bits per heavy atom. The summed E-state index contributed by atoms with van der Waals surface area (Å²) in [4.78, 5) is 16.0. The summed E-state index contributed by atoms with van der Waals surface area (Å²) in [7, 11) is 1.67. The molecule has 3 aliphatic rings. The highest BCUT2D eigenvalue weighted by atomic mass is 16.5. The fourth-order valence-electron chi connectivity index (χ4n) is 4.72. The molecule has 2 fully saturated rings. The number of benzene rings is 2. The van der Waals surface area contributed by atoms with E-state index in [-0.39, 0.29) is 11.9 Å². The highest BCUT2D eigenvalue weighted by molar-refractivity contribution is 6.03. The van der Waals surface area contributed by atoms with Crippen LogP contribution in [0.5, 0.6) is 5.75 Å². The van der Waals surface area contributed by atoms with Gasteiger partial charge in [-0.25, -0.2) is 5.01 Å². The van der Waals surface area contributed by atoms with Crippen LogP contribution in [0.4, 0.5) is 0 Å². The second-order valence-electron chi connectivity index (χ2n) is 9.13. The van der Waals surface area contributed by atoms with E-state index >= 15 is 0 Å². The third-order valence-electron chi connectivity index (χ3n) is 6.93. The van der Waals surface area contributed by atoms with Gasteiger partial charge in [0.1, 0.15) is 5.75 Å². The van der Waals surface area contributed by atoms with Gasteiger partial charge >= 0.3 is 0 Å². The van der Waals surface area contributed by atoms with E-state index in [9.17, 15) is 4.79 Å². The third-order valence-corrected chi connectivity index (χ3v) is 6.93. The number of hydrogen-bond acceptors (Lipinski definition) is 4. The van der Waals surface area contributed by atoms with Crippen molar-refractivity contribution in [2.24, 2.45) is 11.0 Å². The van der Waals surface area contributed by atoms with Crippen molar-refractivity contribution in [3.63, 3.8) is 0 Å². The number of carbonyl (C=O) groups is 1. The summed E-state index contributed by atoms with van der Waals surface area (Å²) >= 11 is 0. The lowest BCUT2D eigenvalue weighted by Gasteiger charge is -2.31. The van der Waals surface area contributed by atoms with Gasteiger partial charge in [-0.05, 0) is 61.8 Å². The highest BCUT2D eigenvalue weighted by Crippen LogP contribution is 2.40. The van der Waals surface area contributed by atoms with Gasteiger partial charge in [-0.1, -0.05) is 42.5 Å². The predicted octanol–water partition coefficient (Wildman–Crippen LogP) is 4.64. The molecule has 0 saturated heterocycles. The summed E-state index contributed by atoms with van der Waals surface area (Å²) in [5, 5.41) is 6.60. The molecule has 0 aromatic heterocycles. The first-order valence-electron chi connectivity index (χ1n) is 11.5. The molecule has 31 heavy (non-hydrogen) atoms. The molecule has 2 saturated carbocycles. The van der Waals surface area contributed by atoms with E-state index in [0.717, 1.165) is 34.9 Å². The molecule has 5 nitrogen and oxygen atoms in total. The molecule has 2 aromatic carbocycles. The second-order valence-corrected chi connectivity index (χ2v) is 9.13. The van der Waals surface area contributed by atoms with E-state index in [1.807, 2.05) is 30.3 Å². The minimum Gasteiger partial charge on any atom is -0.497 e. The maximum Gasteiger partial charge on any atom is 0.257 e. The minimum absolute atomic E-state index is 0.0779. The van der Waals surface area contributed by atoms with Gasteiger partial charge in [0.05, 0.1) is 25.4 Å². The van der Waals surface area contributed by atoms with E-state index < -0.39 is 0 Å². The van der Waals surface area contributed by atoms with Crippen molar-refractivity contribution >= 4 is 11.6 Å². The van der Waals surface area contributed by atoms with Gasteiger partial charge < -0.3 is 4.74 Å². The topological polar surface area (TPSA) is 45.1 Å². The average Bonchev–Trinajstić information content (AvgIpc) is 3.74. The van der Waals surface area contributed by atoms with E-state index in [2.05, 4.69) is 36.1 Å². The predicted molar refractivity (Wildman–Crippen MR) is 122 cm³/mol. The van der Waals surface area contributed by atoms with Crippen LogP contribution >= 0.6 is 0 Å². The van der Waals surface area contributed by atoms with Gasteiger partial charge in [0.25, 0.3) is 5.91 Å². The van der Waals surface area contributed by atoms with Crippen LogP contribution in [-0.4, -0.2) is 47.3 Å². The minimum atomic E-state index is -0.0779. The highest BCUT2D eigenvalue weighted by Gasteiger charge is 2.42. The fourth-order valence-corrected chi connectivity index (χ4v) is 4.72. The number of rotatable bonds is 8. The molecule has 162 valence electrons.